The number of anilines is 1. The van der Waals surface area contributed by atoms with Crippen LogP contribution >= 0.6 is 34.5 Å². The predicted octanol–water partition coefficient (Wildman–Crippen LogP) is 6.55. The molecule has 1 amide bonds. The third kappa shape index (κ3) is 3.75. The van der Waals surface area contributed by atoms with Gasteiger partial charge < -0.3 is 9.84 Å². The minimum Gasteiger partial charge on any atom is -0.507 e. The van der Waals surface area contributed by atoms with Crippen LogP contribution in [0.4, 0.5) is 5.13 Å². The number of benzene rings is 3. The normalized spacial score (nSPS) is 20.7. The molecule has 3 heterocycles. The summed E-state index contributed by atoms with van der Waals surface area (Å²) in [5.74, 6) is -1.04. The fourth-order valence-electron chi connectivity index (χ4n) is 4.70. The van der Waals surface area contributed by atoms with Gasteiger partial charge in [0.15, 0.2) is 5.13 Å². The Morgan fingerprint density at radius 1 is 1.06 bits per heavy atom. The Labute approximate surface area is 220 Å². The van der Waals surface area contributed by atoms with Gasteiger partial charge in [-0.3, -0.25) is 14.5 Å². The summed E-state index contributed by atoms with van der Waals surface area (Å²) >= 11 is 13.5. The number of carbonyl (C=O) groups is 2. The number of hydrogen-bond acceptors (Lipinski definition) is 6. The highest BCUT2D eigenvalue weighted by Gasteiger charge is 2.48. The third-order valence-electron chi connectivity index (χ3n) is 6.34. The van der Waals surface area contributed by atoms with Crippen molar-refractivity contribution in [1.29, 1.82) is 0 Å². The first-order valence-corrected chi connectivity index (χ1v) is 12.8. The van der Waals surface area contributed by atoms with Crippen molar-refractivity contribution in [3.8, 4) is 5.75 Å². The van der Waals surface area contributed by atoms with Crippen molar-refractivity contribution in [2.75, 3.05) is 4.90 Å². The molecule has 0 bridgehead atoms. The fourth-order valence-corrected chi connectivity index (χ4v) is 6.10. The molecule has 1 aromatic heterocycles. The molecule has 3 aromatic carbocycles. The van der Waals surface area contributed by atoms with Crippen molar-refractivity contribution >= 4 is 67.3 Å². The van der Waals surface area contributed by atoms with Gasteiger partial charge in [-0.1, -0.05) is 46.7 Å². The number of aliphatic hydroxyl groups excluding tert-OH is 1. The molecule has 2 aliphatic heterocycles. The van der Waals surface area contributed by atoms with Gasteiger partial charge in [-0.25, -0.2) is 4.98 Å². The van der Waals surface area contributed by atoms with Crippen LogP contribution < -0.4 is 9.64 Å². The highest BCUT2D eigenvalue weighted by molar-refractivity contribution is 7.22. The summed E-state index contributed by atoms with van der Waals surface area (Å²) < 4.78 is 6.54. The largest absolute Gasteiger partial charge is 0.507 e. The number of rotatable bonds is 3. The number of carbonyl (C=O) groups excluding carboxylic acids is 2. The van der Waals surface area contributed by atoms with E-state index < -0.39 is 17.7 Å². The maximum Gasteiger partial charge on any atom is 0.301 e. The molecule has 180 valence electrons. The molecule has 0 aliphatic carbocycles. The molecule has 9 heteroatoms. The monoisotopic (exact) mass is 536 g/mol. The van der Waals surface area contributed by atoms with E-state index in [1.165, 1.54) is 16.2 Å². The van der Waals surface area contributed by atoms with Gasteiger partial charge >= 0.3 is 5.91 Å². The zero-order valence-electron chi connectivity index (χ0n) is 18.9. The average molecular weight is 537 g/mol. The standard InChI is InChI=1S/C27H18Cl2N2O4S/c1-13-10-16-11-15(4-9-20(16)35-13)24(32)22-23(14-2-5-17(28)6-3-14)31(26(34)25(22)33)27-30-19-8-7-18(29)12-21(19)36-27/h2-9,11-13,23,32H,10H2,1H3/b24-22+. The molecule has 0 saturated carbocycles. The van der Waals surface area contributed by atoms with Crippen LogP contribution in [-0.4, -0.2) is 27.9 Å². The van der Waals surface area contributed by atoms with Gasteiger partial charge in [-0.2, -0.15) is 0 Å². The number of amides is 1. The van der Waals surface area contributed by atoms with Crippen molar-refractivity contribution < 1.29 is 19.4 Å². The van der Waals surface area contributed by atoms with Gasteiger partial charge in [0.25, 0.3) is 5.78 Å². The van der Waals surface area contributed by atoms with E-state index in [0.29, 0.717) is 38.2 Å². The summed E-state index contributed by atoms with van der Waals surface area (Å²) in [4.78, 5) is 32.8. The number of fused-ring (bicyclic) bond motifs is 2. The number of hydrogen-bond donors (Lipinski definition) is 1. The van der Waals surface area contributed by atoms with Crippen molar-refractivity contribution in [3.63, 3.8) is 0 Å². The first-order valence-electron chi connectivity index (χ1n) is 11.2. The third-order valence-corrected chi connectivity index (χ3v) is 7.85. The summed E-state index contributed by atoms with van der Waals surface area (Å²) in [5, 5.41) is 12.8. The number of aromatic nitrogens is 1. The lowest BCUT2D eigenvalue weighted by Crippen LogP contribution is -2.29. The van der Waals surface area contributed by atoms with Crippen LogP contribution in [0.1, 0.15) is 29.7 Å². The van der Waals surface area contributed by atoms with Crippen LogP contribution in [0.2, 0.25) is 10.0 Å². The molecule has 0 radical (unpaired) electrons. The van der Waals surface area contributed by atoms with Gasteiger partial charge in [0.05, 0.1) is 21.8 Å². The SMILES string of the molecule is CC1Cc2cc(/C(O)=C3\C(=O)C(=O)N(c4nc5ccc(Cl)cc5s4)C3c3ccc(Cl)cc3)ccc2O1. The Morgan fingerprint density at radius 3 is 2.58 bits per heavy atom. The maximum absolute atomic E-state index is 13.4. The van der Waals surface area contributed by atoms with Crippen LogP contribution in [0.3, 0.4) is 0 Å². The molecular weight excluding hydrogens is 519 g/mol. The van der Waals surface area contributed by atoms with Crippen LogP contribution in [0.25, 0.3) is 16.0 Å². The molecule has 36 heavy (non-hydrogen) atoms. The van der Waals surface area contributed by atoms with Gasteiger partial charge in [0, 0.05) is 22.0 Å². The van der Waals surface area contributed by atoms with Gasteiger partial charge in [0.1, 0.15) is 17.6 Å². The van der Waals surface area contributed by atoms with E-state index in [4.69, 9.17) is 27.9 Å². The molecule has 2 unspecified atom stereocenters. The van der Waals surface area contributed by atoms with Crippen molar-refractivity contribution in [2.45, 2.75) is 25.5 Å². The number of thiazole rings is 1. The molecule has 6 rings (SSSR count). The van der Waals surface area contributed by atoms with Crippen LogP contribution in [0.15, 0.2) is 66.2 Å². The van der Waals surface area contributed by atoms with E-state index in [0.717, 1.165) is 16.0 Å². The smallest absolute Gasteiger partial charge is 0.301 e. The lowest BCUT2D eigenvalue weighted by atomic mass is 9.94. The zero-order chi connectivity index (χ0) is 25.1. The zero-order valence-corrected chi connectivity index (χ0v) is 21.2. The predicted molar refractivity (Wildman–Crippen MR) is 141 cm³/mol. The number of Topliss-reactive ketones (excluding diaryl/α,β-unsaturated/α-hetero) is 1. The molecule has 4 aromatic rings. The number of aliphatic hydroxyl groups is 1. The van der Waals surface area contributed by atoms with Crippen molar-refractivity contribution in [1.82, 2.24) is 4.98 Å². The Balaban J connectivity index is 1.53. The highest BCUT2D eigenvalue weighted by atomic mass is 35.5. The Bertz CT molecular complexity index is 1600. The summed E-state index contributed by atoms with van der Waals surface area (Å²) in [5.41, 5.74) is 2.65. The molecule has 1 saturated heterocycles. The highest BCUT2D eigenvalue weighted by Crippen LogP contribution is 2.45. The lowest BCUT2D eigenvalue weighted by molar-refractivity contribution is -0.132. The number of halogens is 2. The molecule has 1 fully saturated rings. The van der Waals surface area contributed by atoms with E-state index in [1.54, 1.807) is 60.7 Å². The lowest BCUT2D eigenvalue weighted by Gasteiger charge is -2.23. The van der Waals surface area contributed by atoms with E-state index in [1.807, 2.05) is 6.92 Å². The quantitative estimate of drug-likeness (QED) is 0.182. The number of ether oxygens (including phenoxy) is 1. The molecule has 6 nitrogen and oxygen atoms in total. The molecular formula is C27H18Cl2N2O4S. The fraction of sp³-hybridized carbons (Fsp3) is 0.148. The van der Waals surface area contributed by atoms with Crippen molar-refractivity contribution in [3.05, 3.63) is 93.0 Å². The first kappa shape index (κ1) is 23.0. The molecule has 1 N–H and O–H groups in total. The summed E-state index contributed by atoms with van der Waals surface area (Å²) in [6, 6.07) is 16.5. The second-order valence-corrected chi connectivity index (χ2v) is 10.7. The van der Waals surface area contributed by atoms with Gasteiger partial charge in [0.2, 0.25) is 0 Å². The number of nitrogens with zero attached hydrogens (tertiary/aromatic N) is 2. The molecule has 2 atom stereocenters. The minimum atomic E-state index is -0.887. The Morgan fingerprint density at radius 2 is 1.81 bits per heavy atom. The van der Waals surface area contributed by atoms with Crippen molar-refractivity contribution in [2.24, 2.45) is 0 Å². The second-order valence-electron chi connectivity index (χ2n) is 8.78. The maximum atomic E-state index is 13.4. The molecule has 0 spiro atoms. The van der Waals surface area contributed by atoms with Crippen LogP contribution in [0.5, 0.6) is 5.75 Å². The first-order chi connectivity index (χ1) is 17.3. The van der Waals surface area contributed by atoms with Gasteiger partial charge in [-0.15, -0.1) is 0 Å². The summed E-state index contributed by atoms with van der Waals surface area (Å²) in [6.07, 6.45) is 0.726. The van der Waals surface area contributed by atoms with Crippen LogP contribution in [-0.2, 0) is 16.0 Å². The average Bonchev–Trinajstić information content (AvgIpc) is 3.51. The molecule has 2 aliphatic rings. The number of ketones is 1. The summed E-state index contributed by atoms with van der Waals surface area (Å²) in [7, 11) is 0. The minimum absolute atomic E-state index is 0.00785. The van der Waals surface area contributed by atoms with Gasteiger partial charge in [-0.05, 0) is 66.6 Å². The van der Waals surface area contributed by atoms with E-state index in [-0.39, 0.29) is 17.4 Å². The summed E-state index contributed by atoms with van der Waals surface area (Å²) in [6.45, 7) is 1.97. The van der Waals surface area contributed by atoms with E-state index >= 15 is 0 Å². The topological polar surface area (TPSA) is 79.7 Å². The van der Waals surface area contributed by atoms with Crippen LogP contribution in [0, 0.1) is 0 Å². The second kappa shape index (κ2) is 8.62. The Kier molecular flexibility index (Phi) is 5.52. The van der Waals surface area contributed by atoms with E-state index in [9.17, 15) is 14.7 Å². The Hall–Kier alpha value is -3.39. The van der Waals surface area contributed by atoms with E-state index in [2.05, 4.69) is 4.98 Å².